The zero-order chi connectivity index (χ0) is 18.2. The van der Waals surface area contributed by atoms with E-state index in [-0.39, 0.29) is 5.70 Å². The molecule has 0 aliphatic carbocycles. The Morgan fingerprint density at radius 3 is 2.08 bits per heavy atom. The fraction of sp³-hybridized carbons (Fsp3) is 0.105. The average Bonchev–Trinajstić information content (AvgIpc) is 2.60. The second-order valence-corrected chi connectivity index (χ2v) is 5.25. The summed E-state index contributed by atoms with van der Waals surface area (Å²) in [6.07, 6.45) is 0.217. The van der Waals surface area contributed by atoms with E-state index in [0.29, 0.717) is 11.1 Å². The smallest absolute Gasteiger partial charge is 0.355 e. The number of nitrogens with one attached hydrogen (secondary N) is 1. The fourth-order valence-electron chi connectivity index (χ4n) is 2.14. The summed E-state index contributed by atoms with van der Waals surface area (Å²) in [6.45, 7) is 1.27. The second-order valence-electron chi connectivity index (χ2n) is 5.25. The number of benzene rings is 2. The monoisotopic (exact) mass is 338 g/mol. The minimum Gasteiger partial charge on any atom is -0.443 e. The summed E-state index contributed by atoms with van der Waals surface area (Å²) in [5, 5.41) is 2.42. The van der Waals surface area contributed by atoms with Crippen LogP contribution in [0.25, 0.3) is 6.08 Å². The topological polar surface area (TPSA) is 98.5 Å². The van der Waals surface area contributed by atoms with E-state index in [1.54, 1.807) is 54.6 Å². The van der Waals surface area contributed by atoms with Gasteiger partial charge in [-0.2, -0.15) is 0 Å². The van der Waals surface area contributed by atoms with E-state index in [9.17, 15) is 14.4 Å². The predicted molar refractivity (Wildman–Crippen MR) is 92.7 cm³/mol. The Morgan fingerprint density at radius 2 is 1.56 bits per heavy atom. The van der Waals surface area contributed by atoms with Gasteiger partial charge in [-0.15, -0.1) is 0 Å². The van der Waals surface area contributed by atoms with Gasteiger partial charge in [-0.25, -0.2) is 4.79 Å². The maximum Gasteiger partial charge on any atom is 0.355 e. The summed E-state index contributed by atoms with van der Waals surface area (Å²) < 4.78 is 5.24. The zero-order valence-electron chi connectivity index (χ0n) is 13.6. The summed E-state index contributed by atoms with van der Waals surface area (Å²) in [4.78, 5) is 35.5. The third-order valence-corrected chi connectivity index (χ3v) is 3.23. The predicted octanol–water partition coefficient (Wildman–Crippen LogP) is 1.93. The van der Waals surface area contributed by atoms with Gasteiger partial charge in [0.2, 0.25) is 12.0 Å². The lowest BCUT2D eigenvalue weighted by molar-refractivity contribution is -0.152. The van der Waals surface area contributed by atoms with Crippen LogP contribution in [0.4, 0.5) is 0 Å². The summed E-state index contributed by atoms with van der Waals surface area (Å²) >= 11 is 0. The number of ether oxygens (including phenoxy) is 1. The molecular formula is C19H18N2O4. The van der Waals surface area contributed by atoms with Gasteiger partial charge >= 0.3 is 5.97 Å². The number of carbonyl (C=O) groups is 3. The highest BCUT2D eigenvalue weighted by atomic mass is 16.5. The van der Waals surface area contributed by atoms with Crippen LogP contribution in [0, 0.1) is 0 Å². The molecule has 0 spiro atoms. The van der Waals surface area contributed by atoms with Gasteiger partial charge in [-0.05, 0) is 11.6 Å². The molecule has 6 nitrogen and oxygen atoms in total. The Hall–Kier alpha value is -3.41. The number of hydrogen-bond donors (Lipinski definition) is 2. The molecule has 0 aliphatic heterocycles. The fourth-order valence-corrected chi connectivity index (χ4v) is 2.14. The molecule has 1 atom stereocenters. The molecule has 25 heavy (non-hydrogen) atoms. The molecule has 0 radical (unpaired) electrons. The van der Waals surface area contributed by atoms with Crippen LogP contribution < -0.4 is 11.1 Å². The van der Waals surface area contributed by atoms with Crippen molar-refractivity contribution in [3.8, 4) is 0 Å². The highest BCUT2D eigenvalue weighted by Gasteiger charge is 2.24. The maximum atomic E-state index is 12.5. The molecule has 2 aromatic carbocycles. The molecule has 0 fully saturated rings. The average molecular weight is 338 g/mol. The number of nitrogens with two attached hydrogens (primary N) is 1. The van der Waals surface area contributed by atoms with E-state index < -0.39 is 23.9 Å². The molecule has 128 valence electrons. The van der Waals surface area contributed by atoms with Crippen LogP contribution in [0.3, 0.4) is 0 Å². The number of esters is 1. The van der Waals surface area contributed by atoms with Crippen molar-refractivity contribution >= 4 is 23.9 Å². The highest BCUT2D eigenvalue weighted by molar-refractivity contribution is 5.98. The second kappa shape index (κ2) is 8.44. The van der Waals surface area contributed by atoms with Crippen molar-refractivity contribution in [1.29, 1.82) is 0 Å². The van der Waals surface area contributed by atoms with Gasteiger partial charge in [0.15, 0.2) is 0 Å². The molecule has 0 heterocycles. The summed E-state index contributed by atoms with van der Waals surface area (Å²) in [5.74, 6) is -2.09. The Balaban J connectivity index is 2.28. The van der Waals surface area contributed by atoms with Crippen molar-refractivity contribution in [2.24, 2.45) is 5.73 Å². The minimum absolute atomic E-state index is 0.0825. The first kappa shape index (κ1) is 17.9. The maximum absolute atomic E-state index is 12.5. The summed E-state index contributed by atoms with van der Waals surface area (Å²) in [7, 11) is 0. The Labute approximate surface area is 145 Å². The van der Waals surface area contributed by atoms with Crippen LogP contribution in [0.15, 0.2) is 66.4 Å². The van der Waals surface area contributed by atoms with Crippen molar-refractivity contribution in [2.75, 3.05) is 0 Å². The molecule has 0 aromatic heterocycles. The molecule has 1 unspecified atom stereocenters. The van der Waals surface area contributed by atoms with Gasteiger partial charge in [0.25, 0.3) is 5.91 Å². The first-order chi connectivity index (χ1) is 12.0. The number of rotatable bonds is 6. The lowest BCUT2D eigenvalue weighted by atomic mass is 10.1. The number of carbonyl (C=O) groups excluding carboxylic acids is 3. The van der Waals surface area contributed by atoms with Crippen LogP contribution in [-0.2, 0) is 19.1 Å². The van der Waals surface area contributed by atoms with E-state index in [4.69, 9.17) is 10.5 Å². The molecule has 2 rings (SSSR count). The molecular weight excluding hydrogens is 320 g/mol. The standard InChI is InChI=1S/C19H18N2O4/c1-13(22)21-16(12-14-8-4-2-5-9-14)19(24)25-17(18(20)23)15-10-6-3-7-11-15/h2-12,17H,1H3,(H2,20,23)(H,21,22)/b16-12+. The molecule has 0 saturated heterocycles. The normalized spacial score (nSPS) is 12.1. The van der Waals surface area contributed by atoms with Crippen molar-refractivity contribution in [2.45, 2.75) is 13.0 Å². The molecule has 6 heteroatoms. The quantitative estimate of drug-likeness (QED) is 0.621. The van der Waals surface area contributed by atoms with E-state index >= 15 is 0 Å². The van der Waals surface area contributed by atoms with Crippen molar-refractivity contribution in [1.82, 2.24) is 5.32 Å². The molecule has 0 bridgehead atoms. The van der Waals surface area contributed by atoms with Gasteiger partial charge in [-0.3, -0.25) is 9.59 Å². The van der Waals surface area contributed by atoms with Crippen molar-refractivity contribution in [3.05, 3.63) is 77.5 Å². The lowest BCUT2D eigenvalue weighted by Gasteiger charge is -2.16. The SMILES string of the molecule is CC(=O)N/C(=C/c1ccccc1)C(=O)OC(C(N)=O)c1ccccc1. The third-order valence-electron chi connectivity index (χ3n) is 3.23. The van der Waals surface area contributed by atoms with Crippen LogP contribution in [-0.4, -0.2) is 17.8 Å². The van der Waals surface area contributed by atoms with Gasteiger partial charge in [0, 0.05) is 12.5 Å². The van der Waals surface area contributed by atoms with E-state index in [1.807, 2.05) is 6.07 Å². The Bertz CT molecular complexity index is 786. The Kier molecular flexibility index (Phi) is 6.06. The van der Waals surface area contributed by atoms with E-state index in [1.165, 1.54) is 13.0 Å². The van der Waals surface area contributed by atoms with Crippen LogP contribution in [0.1, 0.15) is 24.2 Å². The van der Waals surface area contributed by atoms with Crippen LogP contribution >= 0.6 is 0 Å². The van der Waals surface area contributed by atoms with Crippen molar-refractivity contribution in [3.63, 3.8) is 0 Å². The molecule has 0 saturated carbocycles. The summed E-state index contributed by atoms with van der Waals surface area (Å²) in [6, 6.07) is 17.4. The summed E-state index contributed by atoms with van der Waals surface area (Å²) in [5.41, 5.74) is 6.41. The first-order valence-corrected chi connectivity index (χ1v) is 7.57. The zero-order valence-corrected chi connectivity index (χ0v) is 13.6. The Morgan fingerprint density at radius 1 is 1.00 bits per heavy atom. The third kappa shape index (κ3) is 5.31. The molecule has 2 amide bonds. The van der Waals surface area contributed by atoms with Crippen LogP contribution in [0.2, 0.25) is 0 Å². The van der Waals surface area contributed by atoms with Crippen molar-refractivity contribution < 1.29 is 19.1 Å². The first-order valence-electron chi connectivity index (χ1n) is 7.57. The lowest BCUT2D eigenvalue weighted by Crippen LogP contribution is -2.31. The van der Waals surface area contributed by atoms with E-state index in [0.717, 1.165) is 0 Å². The number of amides is 2. The highest BCUT2D eigenvalue weighted by Crippen LogP contribution is 2.18. The van der Waals surface area contributed by atoms with Gasteiger partial charge < -0.3 is 15.8 Å². The van der Waals surface area contributed by atoms with Crippen LogP contribution in [0.5, 0.6) is 0 Å². The number of hydrogen-bond acceptors (Lipinski definition) is 4. The molecule has 3 N–H and O–H groups in total. The van der Waals surface area contributed by atoms with E-state index in [2.05, 4.69) is 5.32 Å². The van der Waals surface area contributed by atoms with Gasteiger partial charge in [0.05, 0.1) is 0 Å². The largest absolute Gasteiger partial charge is 0.443 e. The molecule has 2 aromatic rings. The van der Waals surface area contributed by atoms with Gasteiger partial charge in [0.1, 0.15) is 5.70 Å². The number of primary amides is 1. The van der Waals surface area contributed by atoms with Gasteiger partial charge in [-0.1, -0.05) is 60.7 Å². The molecule has 0 aliphatic rings. The minimum atomic E-state index is -1.25.